The molecule has 3 rings (SSSR count). The molecule has 9 nitrogen and oxygen atoms in total. The number of nitrogens with one attached hydrogen (secondary N) is 2. The van der Waals surface area contributed by atoms with E-state index in [2.05, 4.69) is 17.6 Å². The van der Waals surface area contributed by atoms with Crippen molar-refractivity contribution >= 4 is 17.9 Å². The number of para-hydroxylation sites is 1. The lowest BCUT2D eigenvalue weighted by Gasteiger charge is -2.36. The van der Waals surface area contributed by atoms with Crippen molar-refractivity contribution in [1.29, 1.82) is 0 Å². The van der Waals surface area contributed by atoms with Gasteiger partial charge >= 0.3 is 6.09 Å². The van der Waals surface area contributed by atoms with Gasteiger partial charge in [0.05, 0.1) is 0 Å². The van der Waals surface area contributed by atoms with E-state index in [0.717, 1.165) is 44.9 Å². The highest BCUT2D eigenvalue weighted by atomic mass is 16.6. The van der Waals surface area contributed by atoms with Crippen molar-refractivity contribution in [1.82, 2.24) is 15.5 Å². The van der Waals surface area contributed by atoms with Crippen LogP contribution >= 0.6 is 0 Å². The molecule has 236 valence electrons. The van der Waals surface area contributed by atoms with Crippen LogP contribution in [0, 0.1) is 6.92 Å². The predicted octanol–water partition coefficient (Wildman–Crippen LogP) is 6.05. The second-order valence-corrected chi connectivity index (χ2v) is 12.6. The van der Waals surface area contributed by atoms with E-state index in [4.69, 9.17) is 4.74 Å². The standard InChI is InChI=1S/C34H49N3O6/c1-6-7-11-21-37(29(27-16-12-13-23(2)30(27)39)31(40)35-25-14-9-8-10-15-25)32(41)28(36-33(42)43-34(3,4)5)22-24-17-19-26(38)20-18-24/h12-13,16-20,25,28-29,38-39H,6-11,14-15,21-22H2,1-5H3,(H,35,40)(H,36,42). The monoisotopic (exact) mass is 595 g/mol. The van der Waals surface area contributed by atoms with E-state index in [1.54, 1.807) is 58.0 Å². The lowest BCUT2D eigenvalue weighted by Crippen LogP contribution is -2.54. The first kappa shape index (κ1) is 33.7. The summed E-state index contributed by atoms with van der Waals surface area (Å²) in [6, 6.07) is 9.46. The highest BCUT2D eigenvalue weighted by Gasteiger charge is 2.38. The average molecular weight is 596 g/mol. The molecule has 43 heavy (non-hydrogen) atoms. The second kappa shape index (κ2) is 15.6. The molecule has 2 aromatic carbocycles. The summed E-state index contributed by atoms with van der Waals surface area (Å²) in [5, 5.41) is 26.9. The minimum Gasteiger partial charge on any atom is -0.508 e. The number of aryl methyl sites for hydroxylation is 1. The number of carbonyl (C=O) groups is 3. The molecule has 0 aliphatic heterocycles. The number of phenolic OH excluding ortho intramolecular Hbond substituents is 2. The fourth-order valence-electron chi connectivity index (χ4n) is 5.50. The molecule has 9 heteroatoms. The Morgan fingerprint density at radius 2 is 1.67 bits per heavy atom. The maximum atomic E-state index is 14.6. The largest absolute Gasteiger partial charge is 0.508 e. The molecule has 1 aliphatic carbocycles. The summed E-state index contributed by atoms with van der Waals surface area (Å²) in [6.45, 7) is 9.30. The lowest BCUT2D eigenvalue weighted by atomic mass is 9.93. The van der Waals surface area contributed by atoms with Crippen LogP contribution in [-0.4, -0.2) is 57.3 Å². The quantitative estimate of drug-likeness (QED) is 0.221. The Labute approximate surface area is 256 Å². The SMILES string of the molecule is CCCCCN(C(=O)C(Cc1ccc(O)cc1)NC(=O)OC(C)(C)C)C(C(=O)NC1CCCCC1)c1cccc(C)c1O. The number of phenols is 2. The van der Waals surface area contributed by atoms with Crippen LogP contribution in [0.1, 0.15) is 102 Å². The maximum Gasteiger partial charge on any atom is 0.408 e. The summed E-state index contributed by atoms with van der Waals surface area (Å²) in [5.74, 6) is -0.755. The minimum atomic E-state index is -1.10. The topological polar surface area (TPSA) is 128 Å². The van der Waals surface area contributed by atoms with Gasteiger partial charge in [0, 0.05) is 24.6 Å². The van der Waals surface area contributed by atoms with E-state index < -0.39 is 29.7 Å². The highest BCUT2D eigenvalue weighted by molar-refractivity contribution is 5.93. The third kappa shape index (κ3) is 10.2. The maximum absolute atomic E-state index is 14.6. The fourth-order valence-corrected chi connectivity index (χ4v) is 5.50. The van der Waals surface area contributed by atoms with Gasteiger partial charge in [-0.1, -0.05) is 69.4 Å². The third-order valence-electron chi connectivity index (χ3n) is 7.73. The molecule has 3 amide bonds. The fraction of sp³-hybridized carbons (Fsp3) is 0.559. The first-order valence-electron chi connectivity index (χ1n) is 15.6. The van der Waals surface area contributed by atoms with Crippen molar-refractivity contribution in [2.75, 3.05) is 6.54 Å². The Morgan fingerprint density at radius 3 is 2.30 bits per heavy atom. The van der Waals surface area contributed by atoms with Gasteiger partial charge in [0.15, 0.2) is 0 Å². The van der Waals surface area contributed by atoms with Gasteiger partial charge in [0.1, 0.15) is 29.2 Å². The number of alkyl carbamates (subject to hydrolysis) is 1. The number of amides is 3. The number of benzene rings is 2. The van der Waals surface area contributed by atoms with Crippen LogP contribution in [0.2, 0.25) is 0 Å². The summed E-state index contributed by atoms with van der Waals surface area (Å²) >= 11 is 0. The molecule has 0 bridgehead atoms. The number of nitrogens with zero attached hydrogens (tertiary/aromatic N) is 1. The molecule has 0 radical (unpaired) electrons. The van der Waals surface area contributed by atoms with Crippen molar-refractivity contribution in [2.24, 2.45) is 0 Å². The number of unbranched alkanes of at least 4 members (excludes halogenated alkanes) is 2. The van der Waals surface area contributed by atoms with Gasteiger partial charge < -0.3 is 30.5 Å². The van der Waals surface area contributed by atoms with E-state index in [1.807, 2.05) is 0 Å². The van der Waals surface area contributed by atoms with Gasteiger partial charge in [0.2, 0.25) is 11.8 Å². The Balaban J connectivity index is 2.06. The summed E-state index contributed by atoms with van der Waals surface area (Å²) < 4.78 is 5.50. The van der Waals surface area contributed by atoms with Crippen molar-refractivity contribution < 1.29 is 29.3 Å². The zero-order valence-corrected chi connectivity index (χ0v) is 26.3. The highest BCUT2D eigenvalue weighted by Crippen LogP contribution is 2.33. The second-order valence-electron chi connectivity index (χ2n) is 12.6. The zero-order chi connectivity index (χ0) is 31.6. The van der Waals surface area contributed by atoms with Crippen LogP contribution in [-0.2, 0) is 20.7 Å². The Kier molecular flexibility index (Phi) is 12.3. The van der Waals surface area contributed by atoms with E-state index >= 15 is 0 Å². The van der Waals surface area contributed by atoms with E-state index in [1.165, 1.54) is 17.0 Å². The number of hydrogen-bond donors (Lipinski definition) is 4. The Bertz CT molecular complexity index is 1220. The van der Waals surface area contributed by atoms with Crippen LogP contribution in [0.4, 0.5) is 4.79 Å². The van der Waals surface area contributed by atoms with Crippen LogP contribution in [0.3, 0.4) is 0 Å². The molecular weight excluding hydrogens is 546 g/mol. The molecule has 0 saturated heterocycles. The van der Waals surface area contributed by atoms with Crippen molar-refractivity contribution in [3.63, 3.8) is 0 Å². The molecule has 1 fully saturated rings. The normalized spacial score (nSPS) is 15.3. The molecule has 1 saturated carbocycles. The van der Waals surface area contributed by atoms with Crippen molar-refractivity contribution in [3.05, 3.63) is 59.2 Å². The first-order chi connectivity index (χ1) is 20.4. The van der Waals surface area contributed by atoms with E-state index in [0.29, 0.717) is 23.1 Å². The summed E-state index contributed by atoms with van der Waals surface area (Å²) in [7, 11) is 0. The van der Waals surface area contributed by atoms with Crippen molar-refractivity contribution in [3.8, 4) is 11.5 Å². The number of hydrogen-bond acceptors (Lipinski definition) is 6. The predicted molar refractivity (Wildman–Crippen MR) is 167 cm³/mol. The number of rotatable bonds is 12. The van der Waals surface area contributed by atoms with Crippen LogP contribution in [0.25, 0.3) is 0 Å². The zero-order valence-electron chi connectivity index (χ0n) is 26.3. The van der Waals surface area contributed by atoms with Crippen LogP contribution < -0.4 is 10.6 Å². The molecule has 4 N–H and O–H groups in total. The molecule has 1 aliphatic rings. The molecule has 2 aromatic rings. The summed E-state index contributed by atoms with van der Waals surface area (Å²) in [4.78, 5) is 43.2. The first-order valence-corrected chi connectivity index (χ1v) is 15.6. The van der Waals surface area contributed by atoms with Gasteiger partial charge in [-0.15, -0.1) is 0 Å². The molecular formula is C34H49N3O6. The third-order valence-corrected chi connectivity index (χ3v) is 7.73. The van der Waals surface area contributed by atoms with Crippen molar-refractivity contribution in [2.45, 2.75) is 116 Å². The number of ether oxygens (including phenoxy) is 1. The van der Waals surface area contributed by atoms with E-state index in [-0.39, 0.29) is 36.4 Å². The average Bonchev–Trinajstić information content (AvgIpc) is 2.94. The van der Waals surface area contributed by atoms with Gasteiger partial charge in [-0.25, -0.2) is 4.79 Å². The summed E-state index contributed by atoms with van der Waals surface area (Å²) in [6.07, 6.45) is 6.66. The van der Waals surface area contributed by atoms with Gasteiger partial charge in [-0.2, -0.15) is 0 Å². The molecule has 2 unspecified atom stereocenters. The Hall–Kier alpha value is -3.75. The number of carbonyl (C=O) groups excluding carboxylic acids is 3. The molecule has 2 atom stereocenters. The van der Waals surface area contributed by atoms with Gasteiger partial charge in [-0.3, -0.25) is 9.59 Å². The summed E-state index contributed by atoms with van der Waals surface area (Å²) in [5.41, 5.74) is 0.870. The van der Waals surface area contributed by atoms with Crippen LogP contribution in [0.15, 0.2) is 42.5 Å². The smallest absolute Gasteiger partial charge is 0.408 e. The minimum absolute atomic E-state index is 0.00372. The Morgan fingerprint density at radius 1 is 1.00 bits per heavy atom. The number of aromatic hydroxyl groups is 2. The van der Waals surface area contributed by atoms with Gasteiger partial charge in [-0.05, 0) is 70.2 Å². The van der Waals surface area contributed by atoms with Crippen LogP contribution in [0.5, 0.6) is 11.5 Å². The van der Waals surface area contributed by atoms with Gasteiger partial charge in [0.25, 0.3) is 0 Å². The molecule has 0 spiro atoms. The molecule has 0 aromatic heterocycles. The lowest BCUT2D eigenvalue weighted by molar-refractivity contribution is -0.143. The molecule has 0 heterocycles. The van der Waals surface area contributed by atoms with E-state index in [9.17, 15) is 24.6 Å².